The molecule has 0 atom stereocenters. The Labute approximate surface area is 136 Å². The Morgan fingerprint density at radius 3 is 2.30 bits per heavy atom. The van der Waals surface area contributed by atoms with Gasteiger partial charge in [-0.2, -0.15) is 15.1 Å². The summed E-state index contributed by atoms with van der Waals surface area (Å²) in [6.45, 7) is 0. The quantitative estimate of drug-likeness (QED) is 0.650. The molecule has 1 N–H and O–H groups in total. The first-order valence-electron chi connectivity index (χ1n) is 7.16. The van der Waals surface area contributed by atoms with Crippen molar-refractivity contribution < 1.29 is 4.74 Å². The van der Waals surface area contributed by atoms with Crippen molar-refractivity contribution in [3.8, 4) is 5.75 Å². The van der Waals surface area contributed by atoms with Crippen LogP contribution < -0.4 is 20.0 Å². The van der Waals surface area contributed by atoms with E-state index in [2.05, 4.69) is 20.5 Å². The fourth-order valence-electron chi connectivity index (χ4n) is 1.77. The van der Waals surface area contributed by atoms with E-state index in [-0.39, 0.29) is 0 Å². The van der Waals surface area contributed by atoms with Crippen molar-refractivity contribution in [3.63, 3.8) is 0 Å². The van der Waals surface area contributed by atoms with E-state index in [0.717, 1.165) is 17.1 Å². The molecule has 1 aromatic carbocycles. The van der Waals surface area contributed by atoms with Crippen LogP contribution in [0.4, 0.5) is 17.6 Å². The highest BCUT2D eigenvalue weighted by Gasteiger charge is 2.07. The summed E-state index contributed by atoms with van der Waals surface area (Å²) in [5.74, 6) is 2.89. The van der Waals surface area contributed by atoms with Gasteiger partial charge >= 0.3 is 0 Å². The maximum atomic E-state index is 5.13. The third-order valence-corrected chi connectivity index (χ3v) is 3.07. The zero-order valence-electron chi connectivity index (χ0n) is 14.1. The van der Waals surface area contributed by atoms with E-state index in [1.807, 2.05) is 68.3 Å². The average Bonchev–Trinajstić information content (AvgIpc) is 2.55. The molecule has 23 heavy (non-hydrogen) atoms. The van der Waals surface area contributed by atoms with Gasteiger partial charge < -0.3 is 14.5 Å². The number of ether oxygens (including phenoxy) is 1. The van der Waals surface area contributed by atoms with Gasteiger partial charge in [-0.25, -0.2) is 0 Å². The standard InChI is InChI=1S/C16H22N6O/c1-21(2)15-10-14(18-16(19-15)22(3)4)20-17-11-12-6-8-13(23-5)9-7-12/h6-11H,1-5H3,(H,18,19,20)/b17-11+. The fourth-order valence-corrected chi connectivity index (χ4v) is 1.77. The lowest BCUT2D eigenvalue weighted by atomic mass is 10.2. The number of benzene rings is 1. The third kappa shape index (κ3) is 4.57. The summed E-state index contributed by atoms with van der Waals surface area (Å²) in [6, 6.07) is 9.49. The van der Waals surface area contributed by atoms with Crippen molar-refractivity contribution in [1.29, 1.82) is 0 Å². The van der Waals surface area contributed by atoms with E-state index in [1.165, 1.54) is 0 Å². The normalized spacial score (nSPS) is 10.7. The molecule has 1 aromatic heterocycles. The highest BCUT2D eigenvalue weighted by atomic mass is 16.5. The van der Waals surface area contributed by atoms with Gasteiger partial charge in [-0.15, -0.1) is 0 Å². The molecule has 0 radical (unpaired) electrons. The predicted molar refractivity (Wildman–Crippen MR) is 94.9 cm³/mol. The number of nitrogens with one attached hydrogen (secondary N) is 1. The summed E-state index contributed by atoms with van der Waals surface area (Å²) in [4.78, 5) is 12.6. The van der Waals surface area contributed by atoms with Crippen LogP contribution in [0.3, 0.4) is 0 Å². The van der Waals surface area contributed by atoms with Crippen LogP contribution in [-0.4, -0.2) is 51.5 Å². The molecule has 7 heteroatoms. The molecular formula is C16H22N6O. The van der Waals surface area contributed by atoms with Crippen LogP contribution in [-0.2, 0) is 0 Å². The molecule has 0 unspecified atom stereocenters. The summed E-state index contributed by atoms with van der Waals surface area (Å²) >= 11 is 0. The first-order valence-corrected chi connectivity index (χ1v) is 7.16. The molecule has 0 aliphatic heterocycles. The number of aromatic nitrogens is 2. The molecule has 0 aliphatic rings. The molecule has 0 saturated heterocycles. The lowest BCUT2D eigenvalue weighted by molar-refractivity contribution is 0.415. The molecule has 2 rings (SSSR count). The van der Waals surface area contributed by atoms with Crippen LogP contribution in [0.25, 0.3) is 0 Å². The zero-order chi connectivity index (χ0) is 16.8. The lowest BCUT2D eigenvalue weighted by Gasteiger charge is -2.16. The van der Waals surface area contributed by atoms with Crippen LogP contribution in [0, 0.1) is 0 Å². The highest BCUT2D eigenvalue weighted by Crippen LogP contribution is 2.17. The van der Waals surface area contributed by atoms with Crippen molar-refractivity contribution in [2.24, 2.45) is 5.10 Å². The van der Waals surface area contributed by atoms with Crippen LogP contribution >= 0.6 is 0 Å². The minimum atomic E-state index is 0.623. The van der Waals surface area contributed by atoms with Gasteiger partial charge in [-0.05, 0) is 29.8 Å². The number of nitrogens with zero attached hydrogens (tertiary/aromatic N) is 5. The number of hydrogen-bond acceptors (Lipinski definition) is 7. The van der Waals surface area contributed by atoms with Crippen LogP contribution in [0.2, 0.25) is 0 Å². The summed E-state index contributed by atoms with van der Waals surface area (Å²) in [6.07, 6.45) is 1.73. The Balaban J connectivity index is 2.13. The smallest absolute Gasteiger partial charge is 0.228 e. The maximum absolute atomic E-state index is 5.13. The molecule has 0 bridgehead atoms. The van der Waals surface area contributed by atoms with Gasteiger partial charge in [0.25, 0.3) is 0 Å². The van der Waals surface area contributed by atoms with Gasteiger partial charge in [-0.1, -0.05) is 0 Å². The van der Waals surface area contributed by atoms with Gasteiger partial charge in [0.05, 0.1) is 13.3 Å². The molecule has 0 fully saturated rings. The lowest BCUT2D eigenvalue weighted by Crippen LogP contribution is -2.17. The Bertz CT molecular complexity index is 641. The second-order valence-corrected chi connectivity index (χ2v) is 5.34. The first-order chi connectivity index (χ1) is 11.0. The SMILES string of the molecule is COc1ccc(/C=N/Nc2cc(N(C)C)nc(N(C)C)n2)cc1. The maximum Gasteiger partial charge on any atom is 0.228 e. The molecule has 122 valence electrons. The monoisotopic (exact) mass is 314 g/mol. The summed E-state index contributed by atoms with van der Waals surface area (Å²) < 4.78 is 5.13. The highest BCUT2D eigenvalue weighted by molar-refractivity contribution is 5.80. The average molecular weight is 314 g/mol. The molecule has 0 spiro atoms. The van der Waals surface area contributed by atoms with E-state index in [9.17, 15) is 0 Å². The van der Waals surface area contributed by atoms with Crippen molar-refractivity contribution in [3.05, 3.63) is 35.9 Å². The second kappa shape index (κ2) is 7.44. The first kappa shape index (κ1) is 16.5. The minimum absolute atomic E-state index is 0.623. The van der Waals surface area contributed by atoms with Crippen molar-refractivity contribution >= 4 is 23.8 Å². The molecular weight excluding hydrogens is 292 g/mol. The molecule has 2 aromatic rings. The van der Waals surface area contributed by atoms with Crippen LogP contribution in [0.1, 0.15) is 5.56 Å². The largest absolute Gasteiger partial charge is 0.497 e. The molecule has 0 saturated carbocycles. The number of anilines is 3. The van der Waals surface area contributed by atoms with E-state index in [1.54, 1.807) is 13.3 Å². The Hall–Kier alpha value is -2.83. The van der Waals surface area contributed by atoms with Gasteiger partial charge in [0.2, 0.25) is 5.95 Å². The van der Waals surface area contributed by atoms with E-state index in [4.69, 9.17) is 4.74 Å². The Morgan fingerprint density at radius 2 is 1.74 bits per heavy atom. The van der Waals surface area contributed by atoms with Crippen LogP contribution in [0.15, 0.2) is 35.4 Å². The summed E-state index contributed by atoms with van der Waals surface area (Å²) in [7, 11) is 9.32. The van der Waals surface area contributed by atoms with Gasteiger partial charge in [-0.3, -0.25) is 5.43 Å². The summed E-state index contributed by atoms with van der Waals surface area (Å²) in [5, 5.41) is 4.23. The number of hydrazone groups is 1. The fraction of sp³-hybridized carbons (Fsp3) is 0.312. The van der Waals surface area contributed by atoms with E-state index >= 15 is 0 Å². The van der Waals surface area contributed by atoms with E-state index < -0.39 is 0 Å². The molecule has 0 amide bonds. The van der Waals surface area contributed by atoms with Crippen LogP contribution in [0.5, 0.6) is 5.75 Å². The van der Waals surface area contributed by atoms with Crippen molar-refractivity contribution in [1.82, 2.24) is 9.97 Å². The van der Waals surface area contributed by atoms with E-state index in [0.29, 0.717) is 11.8 Å². The molecule has 0 aliphatic carbocycles. The number of rotatable bonds is 6. The Kier molecular flexibility index (Phi) is 5.35. The Morgan fingerprint density at radius 1 is 1.04 bits per heavy atom. The number of methoxy groups -OCH3 is 1. The topological polar surface area (TPSA) is 65.9 Å². The second-order valence-electron chi connectivity index (χ2n) is 5.34. The number of hydrogen-bond donors (Lipinski definition) is 1. The molecule has 7 nitrogen and oxygen atoms in total. The minimum Gasteiger partial charge on any atom is -0.497 e. The van der Waals surface area contributed by atoms with Gasteiger partial charge in [0.1, 0.15) is 11.6 Å². The molecule has 1 heterocycles. The third-order valence-electron chi connectivity index (χ3n) is 3.07. The summed E-state index contributed by atoms with van der Waals surface area (Å²) in [5.41, 5.74) is 3.91. The van der Waals surface area contributed by atoms with Crippen molar-refractivity contribution in [2.45, 2.75) is 0 Å². The van der Waals surface area contributed by atoms with Gasteiger partial charge in [0.15, 0.2) is 5.82 Å². The van der Waals surface area contributed by atoms with Gasteiger partial charge in [0, 0.05) is 34.3 Å². The van der Waals surface area contributed by atoms with Crippen molar-refractivity contribution in [2.75, 3.05) is 50.5 Å². The predicted octanol–water partition coefficient (Wildman–Crippen LogP) is 2.06. The zero-order valence-corrected chi connectivity index (χ0v) is 14.1.